The summed E-state index contributed by atoms with van der Waals surface area (Å²) in [6, 6.07) is 20.5. The lowest BCUT2D eigenvalue weighted by atomic mass is 9.99. The van der Waals surface area contributed by atoms with Crippen molar-refractivity contribution in [1.82, 2.24) is 4.98 Å². The summed E-state index contributed by atoms with van der Waals surface area (Å²) >= 11 is 6.34. The van der Waals surface area contributed by atoms with E-state index >= 15 is 0 Å². The number of benzene rings is 3. The van der Waals surface area contributed by atoms with Crippen LogP contribution in [-0.4, -0.2) is 40.2 Å². The van der Waals surface area contributed by atoms with Crippen LogP contribution < -0.4 is 5.32 Å². The summed E-state index contributed by atoms with van der Waals surface area (Å²) in [5.41, 5.74) is 2.55. The minimum absolute atomic E-state index is 0.00254. The average Bonchev–Trinajstić information content (AvgIpc) is 2.84. The number of hydrogen-bond acceptors (Lipinski definition) is 6. The van der Waals surface area contributed by atoms with E-state index in [9.17, 15) is 21.6 Å². The lowest BCUT2D eigenvalue weighted by molar-refractivity contribution is 0.102. The van der Waals surface area contributed by atoms with Crippen LogP contribution in [0.1, 0.15) is 10.4 Å². The summed E-state index contributed by atoms with van der Waals surface area (Å²) in [4.78, 5) is 17.7. The van der Waals surface area contributed by atoms with Crippen molar-refractivity contribution < 1.29 is 21.6 Å². The van der Waals surface area contributed by atoms with Crippen molar-refractivity contribution in [2.45, 2.75) is 9.79 Å². The Morgan fingerprint density at radius 1 is 0.778 bits per heavy atom. The number of amides is 1. The van der Waals surface area contributed by atoms with E-state index < -0.39 is 25.6 Å². The number of anilines is 1. The predicted octanol–water partition coefficient (Wildman–Crippen LogP) is 5.13. The minimum Gasteiger partial charge on any atom is -0.322 e. The van der Waals surface area contributed by atoms with Gasteiger partial charge in [-0.15, -0.1) is 0 Å². The van der Waals surface area contributed by atoms with E-state index in [1.54, 1.807) is 48.7 Å². The third-order valence-electron chi connectivity index (χ3n) is 5.40. The molecule has 7 nitrogen and oxygen atoms in total. The molecular weight excluding hydrogens is 520 g/mol. The molecule has 0 unspecified atom stereocenters. The lowest BCUT2D eigenvalue weighted by Crippen LogP contribution is -2.14. The van der Waals surface area contributed by atoms with Gasteiger partial charge in [-0.25, -0.2) is 16.8 Å². The SMILES string of the molecule is CS(=O)(=O)c1cccc(-c2cc(S(C)(=O)=O)ccc2C(=O)Nc2ccc(Cl)c(-c3ccccn3)c2)c1. The topological polar surface area (TPSA) is 110 Å². The number of nitrogens with zero attached hydrogens (tertiary/aromatic N) is 1. The van der Waals surface area contributed by atoms with Gasteiger partial charge in [-0.3, -0.25) is 9.78 Å². The molecule has 10 heteroatoms. The summed E-state index contributed by atoms with van der Waals surface area (Å²) in [7, 11) is -7.11. The molecule has 3 aromatic carbocycles. The number of pyridine rings is 1. The summed E-state index contributed by atoms with van der Waals surface area (Å²) in [6.45, 7) is 0. The summed E-state index contributed by atoms with van der Waals surface area (Å²) in [5, 5.41) is 3.28. The molecule has 0 saturated heterocycles. The second kappa shape index (κ2) is 9.85. The van der Waals surface area contributed by atoms with E-state index in [0.717, 1.165) is 12.5 Å². The molecule has 1 aromatic heterocycles. The van der Waals surface area contributed by atoms with E-state index in [1.807, 2.05) is 6.07 Å². The molecule has 0 radical (unpaired) electrons. The predicted molar refractivity (Wildman–Crippen MR) is 141 cm³/mol. The summed E-state index contributed by atoms with van der Waals surface area (Å²) in [5.74, 6) is -0.510. The maximum Gasteiger partial charge on any atom is 0.256 e. The molecule has 4 aromatic rings. The molecule has 184 valence electrons. The van der Waals surface area contributed by atoms with Crippen LogP contribution in [0.3, 0.4) is 0 Å². The highest BCUT2D eigenvalue weighted by atomic mass is 35.5. The van der Waals surface area contributed by atoms with Crippen molar-refractivity contribution in [2.75, 3.05) is 17.8 Å². The van der Waals surface area contributed by atoms with Gasteiger partial charge in [0.2, 0.25) is 0 Å². The second-order valence-electron chi connectivity index (χ2n) is 8.14. The Morgan fingerprint density at radius 3 is 2.17 bits per heavy atom. The first-order chi connectivity index (χ1) is 16.9. The van der Waals surface area contributed by atoms with E-state index in [1.165, 1.54) is 30.3 Å². The smallest absolute Gasteiger partial charge is 0.256 e. The monoisotopic (exact) mass is 540 g/mol. The molecule has 0 spiro atoms. The standard InChI is InChI=1S/C26H21ClN2O5S2/c1-35(31,32)19-7-5-6-17(14-19)22-16-20(36(2,33)34)10-11-21(22)26(30)29-18-9-12-24(27)23(15-18)25-8-3-4-13-28-25/h3-16H,1-2H3,(H,29,30). The van der Waals surface area contributed by atoms with E-state index in [0.29, 0.717) is 27.5 Å². The van der Waals surface area contributed by atoms with Gasteiger partial charge in [0, 0.05) is 35.5 Å². The van der Waals surface area contributed by atoms with Crippen LogP contribution in [0.5, 0.6) is 0 Å². The van der Waals surface area contributed by atoms with Crippen molar-refractivity contribution in [3.05, 3.63) is 95.6 Å². The number of nitrogens with one attached hydrogen (secondary N) is 1. The number of aromatic nitrogens is 1. The molecule has 1 N–H and O–H groups in total. The maximum absolute atomic E-state index is 13.4. The molecule has 0 aliphatic rings. The number of halogens is 1. The van der Waals surface area contributed by atoms with Crippen LogP contribution in [0, 0.1) is 0 Å². The highest BCUT2D eigenvalue weighted by molar-refractivity contribution is 7.91. The highest BCUT2D eigenvalue weighted by Gasteiger charge is 2.19. The number of sulfone groups is 2. The van der Waals surface area contributed by atoms with Crippen molar-refractivity contribution in [1.29, 1.82) is 0 Å². The van der Waals surface area contributed by atoms with Crippen molar-refractivity contribution in [3.63, 3.8) is 0 Å². The first kappa shape index (κ1) is 25.6. The van der Waals surface area contributed by atoms with Crippen LogP contribution in [0.25, 0.3) is 22.4 Å². The van der Waals surface area contributed by atoms with Gasteiger partial charge >= 0.3 is 0 Å². The van der Waals surface area contributed by atoms with Crippen LogP contribution in [0.4, 0.5) is 5.69 Å². The van der Waals surface area contributed by atoms with E-state index in [4.69, 9.17) is 11.6 Å². The van der Waals surface area contributed by atoms with Crippen molar-refractivity contribution >= 4 is 42.9 Å². The van der Waals surface area contributed by atoms with Gasteiger partial charge < -0.3 is 5.32 Å². The largest absolute Gasteiger partial charge is 0.322 e. The third kappa shape index (κ3) is 5.64. The van der Waals surface area contributed by atoms with Crippen LogP contribution in [0.2, 0.25) is 5.02 Å². The average molecular weight is 541 g/mol. The molecule has 36 heavy (non-hydrogen) atoms. The van der Waals surface area contributed by atoms with Crippen LogP contribution >= 0.6 is 11.6 Å². The zero-order valence-corrected chi connectivity index (χ0v) is 21.7. The van der Waals surface area contributed by atoms with Gasteiger partial charge in [-0.1, -0.05) is 29.8 Å². The van der Waals surface area contributed by atoms with Gasteiger partial charge in [0.05, 0.1) is 20.5 Å². The van der Waals surface area contributed by atoms with Gasteiger partial charge in [-0.05, 0) is 71.8 Å². The Hall–Kier alpha value is -3.53. The number of hydrogen-bond donors (Lipinski definition) is 1. The zero-order valence-electron chi connectivity index (χ0n) is 19.3. The molecule has 0 atom stereocenters. The van der Waals surface area contributed by atoms with E-state index in [-0.39, 0.29) is 20.9 Å². The molecule has 1 amide bonds. The van der Waals surface area contributed by atoms with E-state index in [2.05, 4.69) is 10.3 Å². The Balaban J connectivity index is 1.79. The second-order valence-corrected chi connectivity index (χ2v) is 12.6. The normalized spacial score (nSPS) is 11.8. The van der Waals surface area contributed by atoms with Crippen molar-refractivity contribution in [3.8, 4) is 22.4 Å². The molecule has 0 aliphatic carbocycles. The quantitative estimate of drug-likeness (QED) is 0.363. The van der Waals surface area contributed by atoms with Gasteiger partial charge in [0.25, 0.3) is 5.91 Å². The maximum atomic E-state index is 13.4. The van der Waals surface area contributed by atoms with Gasteiger partial charge in [0.1, 0.15) is 0 Å². The molecule has 1 heterocycles. The Bertz CT molecular complexity index is 1690. The fourth-order valence-electron chi connectivity index (χ4n) is 3.60. The fourth-order valence-corrected chi connectivity index (χ4v) is 5.13. The third-order valence-corrected chi connectivity index (χ3v) is 7.95. The molecule has 0 aliphatic heterocycles. The Kier molecular flexibility index (Phi) is 6.99. The fraction of sp³-hybridized carbons (Fsp3) is 0.0769. The Morgan fingerprint density at radius 2 is 1.50 bits per heavy atom. The molecule has 4 rings (SSSR count). The van der Waals surface area contributed by atoms with Crippen LogP contribution in [-0.2, 0) is 19.7 Å². The number of rotatable bonds is 6. The zero-order chi connectivity index (χ0) is 26.1. The summed E-state index contributed by atoms with van der Waals surface area (Å²) < 4.78 is 48.6. The molecule has 0 fully saturated rings. The number of carbonyl (C=O) groups excluding carboxylic acids is 1. The lowest BCUT2D eigenvalue weighted by Gasteiger charge is -2.14. The minimum atomic E-state index is -3.59. The van der Waals surface area contributed by atoms with Gasteiger partial charge in [0.15, 0.2) is 19.7 Å². The van der Waals surface area contributed by atoms with Gasteiger partial charge in [-0.2, -0.15) is 0 Å². The first-order valence-electron chi connectivity index (χ1n) is 10.6. The molecular formula is C26H21ClN2O5S2. The highest BCUT2D eigenvalue weighted by Crippen LogP contribution is 2.32. The number of carbonyl (C=O) groups is 1. The van der Waals surface area contributed by atoms with Crippen molar-refractivity contribution in [2.24, 2.45) is 0 Å². The molecule has 0 bridgehead atoms. The summed E-state index contributed by atoms with van der Waals surface area (Å²) in [6.07, 6.45) is 3.77. The van der Waals surface area contributed by atoms with Crippen LogP contribution in [0.15, 0.2) is 94.9 Å². The molecule has 0 saturated carbocycles. The first-order valence-corrected chi connectivity index (χ1v) is 14.8. The Labute approximate surface area is 214 Å².